The van der Waals surface area contributed by atoms with Crippen molar-refractivity contribution < 1.29 is 38.3 Å². The smallest absolute Gasteiger partial charge is 0.344 e. The number of nitrogens with zero attached hydrogens (tertiary/aromatic N) is 4. The van der Waals surface area contributed by atoms with Crippen LogP contribution in [0.1, 0.15) is 45.7 Å². The van der Waals surface area contributed by atoms with Crippen LogP contribution in [0.4, 0.5) is 11.4 Å². The minimum Gasteiger partial charge on any atom is -0.508 e. The fourth-order valence-electron chi connectivity index (χ4n) is 5.99. The highest BCUT2D eigenvalue weighted by molar-refractivity contribution is 6.26. The summed E-state index contributed by atoms with van der Waals surface area (Å²) in [6.45, 7) is -0.169. The molecule has 1 saturated heterocycles. The molecule has 1 atom stereocenters. The number of nitrogens with one attached hydrogen (secondary N) is 3. The van der Waals surface area contributed by atoms with E-state index >= 15 is 0 Å². The summed E-state index contributed by atoms with van der Waals surface area (Å²) in [5.74, 6) is -3.52. The van der Waals surface area contributed by atoms with Gasteiger partial charge in [-0.15, -0.1) is 5.10 Å². The average molecular weight is 690 g/mol. The van der Waals surface area contributed by atoms with E-state index < -0.39 is 47.1 Å². The number of carbonyl (C=O) groups excluding carboxylic acids is 6. The van der Waals surface area contributed by atoms with Crippen molar-refractivity contribution in [2.75, 3.05) is 10.6 Å². The first-order chi connectivity index (χ1) is 24.5. The Bertz CT molecular complexity index is 2350. The van der Waals surface area contributed by atoms with E-state index in [1.807, 2.05) is 0 Å². The van der Waals surface area contributed by atoms with Crippen molar-refractivity contribution in [3.8, 4) is 16.9 Å². The maximum atomic E-state index is 13.3. The number of benzene rings is 3. The molecule has 0 bridgehead atoms. The van der Waals surface area contributed by atoms with Gasteiger partial charge >= 0.3 is 5.63 Å². The fraction of sp³-hybridized carbons (Fsp3) is 0.171. The van der Waals surface area contributed by atoms with Crippen LogP contribution in [0.5, 0.6) is 5.75 Å². The lowest BCUT2D eigenvalue weighted by Crippen LogP contribution is -2.54. The maximum absolute atomic E-state index is 13.3. The second-order valence-corrected chi connectivity index (χ2v) is 11.9. The van der Waals surface area contributed by atoms with Crippen LogP contribution in [0.15, 0.2) is 82.1 Å². The zero-order chi connectivity index (χ0) is 35.8. The molecule has 16 heteroatoms. The topological polar surface area (TPSA) is 223 Å². The highest BCUT2D eigenvalue weighted by Crippen LogP contribution is 2.32. The van der Waals surface area contributed by atoms with E-state index in [1.54, 1.807) is 36.4 Å². The molecule has 0 radical (unpaired) electrons. The molecule has 2 aromatic heterocycles. The number of hydrogen-bond donors (Lipinski definition) is 4. The van der Waals surface area contributed by atoms with Gasteiger partial charge in [-0.25, -0.2) is 9.48 Å². The van der Waals surface area contributed by atoms with E-state index in [0.717, 1.165) is 4.90 Å². The number of phenolic OH excluding ortho intramolecular Hbond substituents is 1. The van der Waals surface area contributed by atoms with Crippen molar-refractivity contribution in [2.24, 2.45) is 0 Å². The van der Waals surface area contributed by atoms with Crippen LogP contribution in [-0.4, -0.2) is 66.5 Å². The van der Waals surface area contributed by atoms with E-state index in [-0.39, 0.29) is 60.4 Å². The normalized spacial score (nSPS) is 15.5. The summed E-state index contributed by atoms with van der Waals surface area (Å²) in [5.41, 5.74) is 1.62. The zero-order valence-electron chi connectivity index (χ0n) is 26.5. The predicted octanol–water partition coefficient (Wildman–Crippen LogP) is 2.37. The molecule has 51 heavy (non-hydrogen) atoms. The lowest BCUT2D eigenvalue weighted by atomic mass is 10.0. The Morgan fingerprint density at radius 3 is 2.51 bits per heavy atom. The standard InChI is InChI=1S/C35H27N7O9/c43-22-10-6-19-14-24(35(50)51-27(19)15-22)18-4-7-20(8-5-18)36-30(46)17-41-16-21(39-40-41)9-12-28(44)37-25-3-1-2-23-31(25)34(49)42(33(23)48)26-11-13-29(45)38-32(26)47/h1-8,10,14-16,26,43H,9,11-13,17H2,(H,36,46)(H,37,44)(H,38,45,47). The van der Waals surface area contributed by atoms with Crippen molar-refractivity contribution in [3.63, 3.8) is 0 Å². The molecule has 1 fully saturated rings. The van der Waals surface area contributed by atoms with Gasteiger partial charge in [-0.3, -0.25) is 39.0 Å². The molecule has 3 aromatic carbocycles. The van der Waals surface area contributed by atoms with E-state index in [1.165, 1.54) is 41.2 Å². The molecule has 256 valence electrons. The van der Waals surface area contributed by atoms with E-state index in [4.69, 9.17) is 4.42 Å². The summed E-state index contributed by atoms with van der Waals surface area (Å²) in [6, 6.07) is 16.0. The van der Waals surface area contributed by atoms with Crippen LogP contribution in [0.3, 0.4) is 0 Å². The van der Waals surface area contributed by atoms with Crippen LogP contribution in [0, 0.1) is 0 Å². The van der Waals surface area contributed by atoms with E-state index in [0.29, 0.717) is 27.9 Å². The van der Waals surface area contributed by atoms with Crippen molar-refractivity contribution in [1.82, 2.24) is 25.2 Å². The monoisotopic (exact) mass is 689 g/mol. The van der Waals surface area contributed by atoms with Gasteiger partial charge in [-0.1, -0.05) is 23.4 Å². The van der Waals surface area contributed by atoms with E-state index in [9.17, 15) is 38.7 Å². The number of phenols is 1. The lowest BCUT2D eigenvalue weighted by molar-refractivity contribution is -0.136. The van der Waals surface area contributed by atoms with Crippen molar-refractivity contribution in [1.29, 1.82) is 0 Å². The molecule has 2 aliphatic heterocycles. The second-order valence-electron chi connectivity index (χ2n) is 11.9. The molecule has 2 aliphatic rings. The highest BCUT2D eigenvalue weighted by atomic mass is 16.4. The van der Waals surface area contributed by atoms with Crippen LogP contribution in [-0.2, 0) is 32.1 Å². The van der Waals surface area contributed by atoms with Gasteiger partial charge in [-0.2, -0.15) is 0 Å². The number of hydrogen-bond acceptors (Lipinski definition) is 11. The van der Waals surface area contributed by atoms with Gasteiger partial charge in [0.2, 0.25) is 23.6 Å². The SMILES string of the molecule is O=C1CCC(N2C(=O)c3cccc(NC(=O)CCc4cn(CC(=O)Nc5ccc(-c6cc7ccc(O)cc7oc6=O)cc5)nn4)c3C2=O)C(=O)N1. The molecule has 0 aliphatic carbocycles. The maximum Gasteiger partial charge on any atom is 0.344 e. The summed E-state index contributed by atoms with van der Waals surface area (Å²) < 4.78 is 6.64. The number of amides is 6. The Labute approximate surface area is 287 Å². The number of anilines is 2. The number of carbonyl (C=O) groups is 6. The molecule has 6 amide bonds. The molecular weight excluding hydrogens is 662 g/mol. The van der Waals surface area contributed by atoms with Crippen molar-refractivity contribution in [3.05, 3.63) is 100 Å². The van der Waals surface area contributed by atoms with Crippen molar-refractivity contribution in [2.45, 2.75) is 38.3 Å². The lowest BCUT2D eigenvalue weighted by Gasteiger charge is -2.27. The third-order valence-corrected chi connectivity index (χ3v) is 8.44. The van der Waals surface area contributed by atoms with Crippen LogP contribution in [0.2, 0.25) is 0 Å². The molecular formula is C35H27N7O9. The first-order valence-corrected chi connectivity index (χ1v) is 15.7. The minimum atomic E-state index is -1.13. The third-order valence-electron chi connectivity index (χ3n) is 8.44. The zero-order valence-corrected chi connectivity index (χ0v) is 26.5. The van der Waals surface area contributed by atoms with Crippen molar-refractivity contribution >= 4 is 57.8 Å². The number of imide groups is 2. The second kappa shape index (κ2) is 13.1. The quantitative estimate of drug-likeness (QED) is 0.130. The molecule has 16 nitrogen and oxygen atoms in total. The Morgan fingerprint density at radius 1 is 0.922 bits per heavy atom. The van der Waals surface area contributed by atoms with Gasteiger partial charge in [0, 0.05) is 42.6 Å². The van der Waals surface area contributed by atoms with Gasteiger partial charge in [-0.05, 0) is 54.4 Å². The van der Waals surface area contributed by atoms with Gasteiger partial charge in [0.15, 0.2) is 0 Å². The molecule has 7 rings (SSSR count). The summed E-state index contributed by atoms with van der Waals surface area (Å²) in [7, 11) is 0. The molecule has 0 saturated carbocycles. The average Bonchev–Trinajstić information content (AvgIpc) is 3.65. The summed E-state index contributed by atoms with van der Waals surface area (Å²) >= 11 is 0. The number of rotatable bonds is 9. The summed E-state index contributed by atoms with van der Waals surface area (Å²) in [5, 5.41) is 25.8. The number of piperidine rings is 1. The number of aryl methyl sites for hydroxylation is 1. The van der Waals surface area contributed by atoms with Gasteiger partial charge in [0.25, 0.3) is 11.8 Å². The first-order valence-electron chi connectivity index (χ1n) is 15.7. The molecule has 4 N–H and O–H groups in total. The van der Waals surface area contributed by atoms with Crippen LogP contribution < -0.4 is 21.6 Å². The third kappa shape index (κ3) is 6.57. The molecule has 4 heterocycles. The highest BCUT2D eigenvalue weighted by Gasteiger charge is 2.45. The molecule has 5 aromatic rings. The van der Waals surface area contributed by atoms with Gasteiger partial charge in [0.05, 0.1) is 28.1 Å². The number of aromatic nitrogens is 3. The van der Waals surface area contributed by atoms with Crippen LogP contribution in [0.25, 0.3) is 22.1 Å². The molecule has 1 unspecified atom stereocenters. The summed E-state index contributed by atoms with van der Waals surface area (Å²) in [4.78, 5) is 89.1. The summed E-state index contributed by atoms with van der Waals surface area (Å²) in [6.07, 6.45) is 1.62. The fourth-order valence-corrected chi connectivity index (χ4v) is 5.99. The Kier molecular flexibility index (Phi) is 8.40. The predicted molar refractivity (Wildman–Crippen MR) is 178 cm³/mol. The number of fused-ring (bicyclic) bond motifs is 2. The first kappa shape index (κ1) is 32.6. The Hall–Kier alpha value is -6.97. The van der Waals surface area contributed by atoms with Gasteiger partial charge in [0.1, 0.15) is 23.9 Å². The van der Waals surface area contributed by atoms with E-state index in [2.05, 4.69) is 26.3 Å². The Morgan fingerprint density at radius 2 is 1.73 bits per heavy atom. The Balaban J connectivity index is 0.926. The minimum absolute atomic E-state index is 0.00956. The number of aromatic hydroxyl groups is 1. The van der Waals surface area contributed by atoms with Crippen LogP contribution >= 0.6 is 0 Å². The largest absolute Gasteiger partial charge is 0.508 e. The molecule has 0 spiro atoms. The van der Waals surface area contributed by atoms with Gasteiger partial charge < -0.3 is 20.2 Å².